The molecule has 2 rings (SSSR count). The molecule has 1 N–H and O–H groups in total. The van der Waals surface area contributed by atoms with Crippen LogP contribution in [-0.2, 0) is 11.3 Å². The maximum Gasteiger partial charge on any atom is 0.387 e. The highest BCUT2D eigenvalue weighted by molar-refractivity contribution is 5.43. The van der Waals surface area contributed by atoms with Crippen molar-refractivity contribution in [2.24, 2.45) is 0 Å². The molecule has 0 unspecified atom stereocenters. The molecule has 1 aliphatic rings. The molecule has 0 radical (unpaired) electrons. The van der Waals surface area contributed by atoms with E-state index in [0.29, 0.717) is 32.1 Å². The number of benzene rings is 1. The van der Waals surface area contributed by atoms with Crippen LogP contribution in [0.4, 0.5) is 8.78 Å². The molecule has 1 aromatic carbocycles. The second-order valence-electron chi connectivity index (χ2n) is 4.53. The Morgan fingerprint density at radius 1 is 1.29 bits per heavy atom. The summed E-state index contributed by atoms with van der Waals surface area (Å²) in [6.45, 7) is 2.98. The molecule has 1 saturated heterocycles. The molecule has 5 nitrogen and oxygen atoms in total. The van der Waals surface area contributed by atoms with Gasteiger partial charge in [-0.15, -0.1) is 0 Å². The van der Waals surface area contributed by atoms with E-state index in [1.165, 1.54) is 6.07 Å². The van der Waals surface area contributed by atoms with Crippen LogP contribution >= 0.6 is 0 Å². The zero-order valence-corrected chi connectivity index (χ0v) is 12.0. The van der Waals surface area contributed by atoms with E-state index in [0.717, 1.165) is 18.7 Å². The molecule has 7 heteroatoms. The van der Waals surface area contributed by atoms with E-state index in [1.54, 1.807) is 19.1 Å². The molecule has 21 heavy (non-hydrogen) atoms. The first kappa shape index (κ1) is 15.9. The maximum absolute atomic E-state index is 12.3. The van der Waals surface area contributed by atoms with Gasteiger partial charge >= 0.3 is 6.61 Å². The Kier molecular flexibility index (Phi) is 6.16. The van der Waals surface area contributed by atoms with Gasteiger partial charge in [0.25, 0.3) is 0 Å². The van der Waals surface area contributed by atoms with Gasteiger partial charge in [-0.25, -0.2) is 5.01 Å². The highest BCUT2D eigenvalue weighted by Gasteiger charge is 2.13. The fourth-order valence-electron chi connectivity index (χ4n) is 2.05. The van der Waals surface area contributed by atoms with Crippen molar-refractivity contribution < 1.29 is 23.0 Å². The Morgan fingerprint density at radius 2 is 2.05 bits per heavy atom. The molecular weight excluding hydrogens is 282 g/mol. The number of hydrazine groups is 1. The summed E-state index contributed by atoms with van der Waals surface area (Å²) >= 11 is 0. The molecular formula is C14H20F2N2O3. The SMILES string of the molecule is CCOc1cc(CNN2CCOCC2)ccc1OC(F)F. The third kappa shape index (κ3) is 5.11. The summed E-state index contributed by atoms with van der Waals surface area (Å²) in [5, 5.41) is 2.08. The van der Waals surface area contributed by atoms with E-state index < -0.39 is 6.61 Å². The van der Waals surface area contributed by atoms with Crippen molar-refractivity contribution in [1.29, 1.82) is 0 Å². The van der Waals surface area contributed by atoms with Crippen LogP contribution in [-0.4, -0.2) is 44.5 Å². The smallest absolute Gasteiger partial charge is 0.387 e. The standard InChI is InChI=1S/C14H20F2N2O3/c1-2-20-13-9-11(3-4-12(13)21-14(15)16)10-17-18-5-7-19-8-6-18/h3-4,9,14,17H,2,5-8,10H2,1H3. The third-order valence-corrected chi connectivity index (χ3v) is 3.04. The summed E-state index contributed by atoms with van der Waals surface area (Å²) < 4.78 is 39.7. The number of hydrogen-bond donors (Lipinski definition) is 1. The van der Waals surface area contributed by atoms with Gasteiger partial charge in [0.2, 0.25) is 0 Å². The van der Waals surface area contributed by atoms with Crippen LogP contribution in [0.25, 0.3) is 0 Å². The molecule has 0 atom stereocenters. The second kappa shape index (κ2) is 8.11. The molecule has 1 aliphatic heterocycles. The molecule has 1 heterocycles. The number of morpholine rings is 1. The van der Waals surface area contributed by atoms with Gasteiger partial charge in [-0.3, -0.25) is 5.43 Å². The Hall–Kier alpha value is -1.44. The molecule has 1 fully saturated rings. The predicted octanol–water partition coefficient (Wildman–Crippen LogP) is 2.02. The van der Waals surface area contributed by atoms with Crippen LogP contribution in [0.2, 0.25) is 0 Å². The predicted molar refractivity (Wildman–Crippen MR) is 73.5 cm³/mol. The summed E-state index contributed by atoms with van der Waals surface area (Å²) in [5.41, 5.74) is 4.21. The number of hydrogen-bond acceptors (Lipinski definition) is 5. The molecule has 0 spiro atoms. The van der Waals surface area contributed by atoms with E-state index in [2.05, 4.69) is 15.2 Å². The average Bonchev–Trinajstić information content (AvgIpc) is 2.48. The zero-order chi connectivity index (χ0) is 15.1. The Bertz CT molecular complexity index is 440. The lowest BCUT2D eigenvalue weighted by atomic mass is 10.2. The van der Waals surface area contributed by atoms with Crippen molar-refractivity contribution in [1.82, 2.24) is 10.4 Å². The normalized spacial score (nSPS) is 16.2. The van der Waals surface area contributed by atoms with Crippen molar-refractivity contribution in [2.45, 2.75) is 20.1 Å². The van der Waals surface area contributed by atoms with Crippen molar-refractivity contribution >= 4 is 0 Å². The van der Waals surface area contributed by atoms with Gasteiger partial charge in [-0.2, -0.15) is 8.78 Å². The minimum absolute atomic E-state index is 0.0574. The quantitative estimate of drug-likeness (QED) is 0.835. The summed E-state index contributed by atoms with van der Waals surface area (Å²) in [6.07, 6.45) is 0. The van der Waals surface area contributed by atoms with Gasteiger partial charge in [-0.05, 0) is 24.6 Å². The van der Waals surface area contributed by atoms with E-state index in [4.69, 9.17) is 9.47 Å². The topological polar surface area (TPSA) is 43.0 Å². The molecule has 0 aromatic heterocycles. The summed E-state index contributed by atoms with van der Waals surface area (Å²) in [6, 6.07) is 4.97. The number of alkyl halides is 2. The Morgan fingerprint density at radius 3 is 2.71 bits per heavy atom. The highest BCUT2D eigenvalue weighted by atomic mass is 19.3. The number of rotatable bonds is 7. The zero-order valence-electron chi connectivity index (χ0n) is 12.0. The molecule has 0 aliphatic carbocycles. The number of ether oxygens (including phenoxy) is 3. The van der Waals surface area contributed by atoms with Gasteiger partial charge < -0.3 is 14.2 Å². The molecule has 118 valence electrons. The molecule has 0 saturated carbocycles. The van der Waals surface area contributed by atoms with Crippen LogP contribution in [0.5, 0.6) is 11.5 Å². The fraction of sp³-hybridized carbons (Fsp3) is 0.571. The first-order valence-electron chi connectivity index (χ1n) is 6.95. The molecule has 1 aromatic rings. The van der Waals surface area contributed by atoms with Gasteiger partial charge in [0.1, 0.15) is 0 Å². The number of nitrogens with one attached hydrogen (secondary N) is 1. The van der Waals surface area contributed by atoms with Crippen molar-refractivity contribution in [3.63, 3.8) is 0 Å². The van der Waals surface area contributed by atoms with E-state index >= 15 is 0 Å². The second-order valence-corrected chi connectivity index (χ2v) is 4.53. The fourth-order valence-corrected chi connectivity index (χ4v) is 2.05. The summed E-state index contributed by atoms with van der Waals surface area (Å²) in [5.74, 6) is 0.390. The van der Waals surface area contributed by atoms with Gasteiger partial charge in [0.05, 0.1) is 19.8 Å². The summed E-state index contributed by atoms with van der Waals surface area (Å²) in [7, 11) is 0. The minimum atomic E-state index is -2.86. The third-order valence-electron chi connectivity index (χ3n) is 3.04. The Labute approximate surface area is 122 Å². The monoisotopic (exact) mass is 302 g/mol. The van der Waals surface area contributed by atoms with Crippen molar-refractivity contribution in [3.8, 4) is 11.5 Å². The van der Waals surface area contributed by atoms with E-state index in [-0.39, 0.29) is 5.75 Å². The van der Waals surface area contributed by atoms with Crippen molar-refractivity contribution in [3.05, 3.63) is 23.8 Å². The lowest BCUT2D eigenvalue weighted by Crippen LogP contribution is -2.45. The number of halogens is 2. The van der Waals surface area contributed by atoms with Crippen LogP contribution in [0, 0.1) is 0 Å². The molecule has 0 amide bonds. The maximum atomic E-state index is 12.3. The van der Waals surface area contributed by atoms with Crippen LogP contribution in [0.1, 0.15) is 12.5 Å². The minimum Gasteiger partial charge on any atom is -0.490 e. The number of nitrogens with zero attached hydrogens (tertiary/aromatic N) is 1. The lowest BCUT2D eigenvalue weighted by molar-refractivity contribution is -0.0514. The van der Waals surface area contributed by atoms with Gasteiger partial charge in [0, 0.05) is 19.6 Å². The van der Waals surface area contributed by atoms with Gasteiger partial charge in [0.15, 0.2) is 11.5 Å². The Balaban J connectivity index is 1.97. The van der Waals surface area contributed by atoms with Crippen LogP contribution in [0.15, 0.2) is 18.2 Å². The van der Waals surface area contributed by atoms with Gasteiger partial charge in [-0.1, -0.05) is 6.07 Å². The van der Waals surface area contributed by atoms with Crippen LogP contribution < -0.4 is 14.9 Å². The largest absolute Gasteiger partial charge is 0.490 e. The first-order valence-corrected chi connectivity index (χ1v) is 6.95. The highest BCUT2D eigenvalue weighted by Crippen LogP contribution is 2.29. The van der Waals surface area contributed by atoms with E-state index in [9.17, 15) is 8.78 Å². The van der Waals surface area contributed by atoms with Crippen molar-refractivity contribution in [2.75, 3.05) is 32.9 Å². The van der Waals surface area contributed by atoms with E-state index in [1.807, 2.05) is 0 Å². The summed E-state index contributed by atoms with van der Waals surface area (Å²) in [4.78, 5) is 0. The molecule has 0 bridgehead atoms. The van der Waals surface area contributed by atoms with Crippen LogP contribution in [0.3, 0.4) is 0 Å². The first-order chi connectivity index (χ1) is 10.2. The lowest BCUT2D eigenvalue weighted by Gasteiger charge is -2.27. The average molecular weight is 302 g/mol.